The van der Waals surface area contributed by atoms with Crippen LogP contribution in [0.2, 0.25) is 0 Å². The van der Waals surface area contributed by atoms with Crippen LogP contribution in [-0.4, -0.2) is 6.61 Å². The molecule has 0 heterocycles. The first-order chi connectivity index (χ1) is 3.77. The van der Waals surface area contributed by atoms with Crippen LogP contribution in [0.1, 0.15) is 6.42 Å². The lowest BCUT2D eigenvalue weighted by molar-refractivity contribution is 0.372. The molecule has 0 fully saturated rings. The fraction of sp³-hybridized carbons (Fsp3) is 0.667. The zero-order chi connectivity index (χ0) is 6.41. The molecule has 0 aliphatic heterocycles. The lowest BCUT2D eigenvalue weighted by atomic mass is 10.5. The maximum atomic E-state index is 7.99. The van der Waals surface area contributed by atoms with Crippen molar-refractivity contribution in [3.05, 3.63) is 0 Å². The van der Waals surface area contributed by atoms with Crippen LogP contribution in [0.5, 0.6) is 0 Å². The molecule has 1 unspecified atom stereocenters. The Morgan fingerprint density at radius 3 is 2.88 bits per heavy atom. The van der Waals surface area contributed by atoms with E-state index in [1.165, 1.54) is 0 Å². The van der Waals surface area contributed by atoms with Crippen LogP contribution in [0.4, 0.5) is 0 Å². The zero-order valence-electron chi connectivity index (χ0n) is 4.26. The summed E-state index contributed by atoms with van der Waals surface area (Å²) in [5.41, 5.74) is 5.12. The molecule has 0 rings (SSSR count). The SMILES string of the molecule is N#CCCO[PH](N)=S. The Morgan fingerprint density at radius 1 is 1.88 bits per heavy atom. The molecule has 0 aliphatic carbocycles. The molecular formula is C3H7N2OPS. The number of nitriles is 1. The Labute approximate surface area is 54.0 Å². The van der Waals surface area contributed by atoms with Gasteiger partial charge in [-0.2, -0.15) is 5.26 Å². The van der Waals surface area contributed by atoms with Crippen molar-refractivity contribution in [2.24, 2.45) is 5.50 Å². The average Bonchev–Trinajstić information content (AvgIpc) is 1.66. The van der Waals surface area contributed by atoms with Gasteiger partial charge in [-0.25, -0.2) is 0 Å². The molecule has 0 aliphatic rings. The highest BCUT2D eigenvalue weighted by molar-refractivity contribution is 8.01. The maximum absolute atomic E-state index is 7.99. The molecule has 1 atom stereocenters. The zero-order valence-corrected chi connectivity index (χ0v) is 6.07. The number of hydrogen-bond donors (Lipinski definition) is 1. The second-order valence-corrected chi connectivity index (χ2v) is 3.21. The molecule has 0 saturated heterocycles. The van der Waals surface area contributed by atoms with Crippen molar-refractivity contribution in [1.29, 1.82) is 5.26 Å². The van der Waals surface area contributed by atoms with E-state index in [9.17, 15) is 0 Å². The van der Waals surface area contributed by atoms with E-state index in [1.807, 2.05) is 6.07 Å². The maximum Gasteiger partial charge on any atom is 0.114 e. The smallest absolute Gasteiger partial charge is 0.114 e. The van der Waals surface area contributed by atoms with Gasteiger partial charge in [0.2, 0.25) is 0 Å². The van der Waals surface area contributed by atoms with E-state index >= 15 is 0 Å². The van der Waals surface area contributed by atoms with Crippen LogP contribution < -0.4 is 5.50 Å². The first-order valence-electron chi connectivity index (χ1n) is 2.06. The molecule has 0 aromatic rings. The molecule has 0 aromatic carbocycles. The Hall–Kier alpha value is 0.0600. The minimum absolute atomic E-state index is 0.377. The topological polar surface area (TPSA) is 59.0 Å². The van der Waals surface area contributed by atoms with E-state index in [-0.39, 0.29) is 0 Å². The summed E-state index contributed by atoms with van der Waals surface area (Å²) in [4.78, 5) is 0. The number of nitrogens with two attached hydrogens (primary N) is 1. The standard InChI is InChI=1S/C3H7N2OPS/c4-2-1-3-6-7(5)8/h7H,1,3H2,(H2,5,8). The number of rotatable bonds is 3. The van der Waals surface area contributed by atoms with Gasteiger partial charge >= 0.3 is 0 Å². The molecule has 0 bridgehead atoms. The summed E-state index contributed by atoms with van der Waals surface area (Å²) in [6.45, 7) is 0.380. The van der Waals surface area contributed by atoms with E-state index in [0.717, 1.165) is 0 Å². The molecule has 0 radical (unpaired) electrons. The van der Waals surface area contributed by atoms with Crippen LogP contribution in [0.25, 0.3) is 0 Å². The minimum atomic E-state index is -1.47. The summed E-state index contributed by atoms with van der Waals surface area (Å²) in [7, 11) is -1.47. The van der Waals surface area contributed by atoms with Gasteiger partial charge in [0.05, 0.1) is 19.1 Å². The third-order valence-corrected chi connectivity index (χ3v) is 1.30. The molecule has 0 spiro atoms. The van der Waals surface area contributed by atoms with Gasteiger partial charge in [-0.1, -0.05) is 11.8 Å². The van der Waals surface area contributed by atoms with Crippen LogP contribution in [0, 0.1) is 11.3 Å². The van der Waals surface area contributed by atoms with Gasteiger partial charge in [0.25, 0.3) is 0 Å². The Balaban J connectivity index is 2.97. The molecule has 0 aromatic heterocycles. The largest absolute Gasteiger partial charge is 0.339 e. The fourth-order valence-corrected chi connectivity index (χ4v) is 0.751. The Kier molecular flexibility index (Phi) is 5.24. The van der Waals surface area contributed by atoms with E-state index in [1.54, 1.807) is 0 Å². The van der Waals surface area contributed by atoms with Gasteiger partial charge in [-0.05, 0) is 0 Å². The third kappa shape index (κ3) is 6.06. The molecule has 0 saturated carbocycles. The van der Waals surface area contributed by atoms with Crippen LogP contribution >= 0.6 is 7.07 Å². The van der Waals surface area contributed by atoms with Gasteiger partial charge in [-0.15, -0.1) is 0 Å². The van der Waals surface area contributed by atoms with E-state index in [0.29, 0.717) is 13.0 Å². The summed E-state index contributed by atoms with van der Waals surface area (Å²) in [5.74, 6) is 0. The van der Waals surface area contributed by atoms with Crippen molar-refractivity contribution >= 4 is 18.9 Å². The molecule has 0 amide bonds. The highest BCUT2D eigenvalue weighted by Crippen LogP contribution is 2.08. The van der Waals surface area contributed by atoms with Crippen molar-refractivity contribution < 1.29 is 4.52 Å². The van der Waals surface area contributed by atoms with Crippen molar-refractivity contribution in [2.75, 3.05) is 6.61 Å². The minimum Gasteiger partial charge on any atom is -0.339 e. The highest BCUT2D eigenvalue weighted by atomic mass is 32.4. The predicted molar refractivity (Wildman–Crippen MR) is 36.0 cm³/mol. The van der Waals surface area contributed by atoms with Crippen LogP contribution in [0.15, 0.2) is 0 Å². The normalized spacial score (nSPS) is 12.5. The number of nitrogens with zero attached hydrogens (tertiary/aromatic N) is 1. The molecule has 8 heavy (non-hydrogen) atoms. The second kappa shape index (κ2) is 5.20. The van der Waals surface area contributed by atoms with Crippen molar-refractivity contribution in [3.63, 3.8) is 0 Å². The second-order valence-electron chi connectivity index (χ2n) is 1.08. The summed E-state index contributed by atoms with van der Waals surface area (Å²) >= 11 is 4.54. The van der Waals surface area contributed by atoms with Crippen molar-refractivity contribution in [1.82, 2.24) is 0 Å². The van der Waals surface area contributed by atoms with Gasteiger partial charge in [0.15, 0.2) is 0 Å². The fourth-order valence-electron chi connectivity index (χ4n) is 0.197. The van der Waals surface area contributed by atoms with E-state index in [4.69, 9.17) is 15.3 Å². The highest BCUT2D eigenvalue weighted by Gasteiger charge is 1.83. The molecule has 3 nitrogen and oxygen atoms in total. The third-order valence-electron chi connectivity index (χ3n) is 0.458. The predicted octanol–water partition coefficient (Wildman–Crippen LogP) is 0.381. The Morgan fingerprint density at radius 2 is 2.50 bits per heavy atom. The Bertz CT molecular complexity index is 121. The summed E-state index contributed by atoms with van der Waals surface area (Å²) in [5, 5.41) is 7.99. The van der Waals surface area contributed by atoms with Crippen molar-refractivity contribution in [2.45, 2.75) is 6.42 Å². The van der Waals surface area contributed by atoms with Gasteiger partial charge in [0.1, 0.15) is 7.07 Å². The van der Waals surface area contributed by atoms with Crippen molar-refractivity contribution in [3.8, 4) is 6.07 Å². The van der Waals surface area contributed by atoms with Gasteiger partial charge in [-0.3, -0.25) is 5.50 Å². The van der Waals surface area contributed by atoms with E-state index in [2.05, 4.69) is 11.8 Å². The lowest BCUT2D eigenvalue weighted by Gasteiger charge is -1.94. The van der Waals surface area contributed by atoms with Gasteiger partial charge in [0, 0.05) is 0 Å². The molecule has 5 heteroatoms. The lowest BCUT2D eigenvalue weighted by Crippen LogP contribution is -1.87. The van der Waals surface area contributed by atoms with E-state index < -0.39 is 7.07 Å². The number of hydrogen-bond acceptors (Lipinski definition) is 3. The first-order valence-corrected chi connectivity index (χ1v) is 4.68. The summed E-state index contributed by atoms with van der Waals surface area (Å²) < 4.78 is 4.75. The molecule has 2 N–H and O–H groups in total. The van der Waals surface area contributed by atoms with Gasteiger partial charge < -0.3 is 4.52 Å². The van der Waals surface area contributed by atoms with Crippen LogP contribution in [-0.2, 0) is 16.3 Å². The quantitative estimate of drug-likeness (QED) is 0.466. The first kappa shape index (κ1) is 8.06. The molecule has 46 valence electrons. The van der Waals surface area contributed by atoms with Crippen LogP contribution in [0.3, 0.4) is 0 Å². The molecular weight excluding hydrogens is 143 g/mol. The summed E-state index contributed by atoms with van der Waals surface area (Å²) in [6.07, 6.45) is 0.377. The monoisotopic (exact) mass is 150 g/mol. The summed E-state index contributed by atoms with van der Waals surface area (Å²) in [6, 6.07) is 1.91. The average molecular weight is 150 g/mol.